The summed E-state index contributed by atoms with van der Waals surface area (Å²) in [6.07, 6.45) is 0. The van der Waals surface area contributed by atoms with Gasteiger partial charge in [-0.25, -0.2) is 4.79 Å². The summed E-state index contributed by atoms with van der Waals surface area (Å²) in [5.41, 5.74) is 0.807. The van der Waals surface area contributed by atoms with Crippen LogP contribution >= 0.6 is 0 Å². The Labute approximate surface area is 85.9 Å². The molecule has 78 valence electrons. The van der Waals surface area contributed by atoms with Crippen molar-refractivity contribution < 1.29 is 14.6 Å². The van der Waals surface area contributed by atoms with E-state index in [4.69, 9.17) is 9.84 Å². The molecule has 2 rings (SSSR count). The van der Waals surface area contributed by atoms with Crippen LogP contribution in [-0.4, -0.2) is 28.0 Å². The number of nitrogens with zero attached hydrogens (tertiary/aromatic N) is 2. The second-order valence-corrected chi connectivity index (χ2v) is 3.16. The first-order chi connectivity index (χ1) is 7.13. The maximum absolute atomic E-state index is 10.9. The average Bonchev–Trinajstić information content (AvgIpc) is 2.56. The molecular weight excluding hydrogens is 196 g/mol. The lowest BCUT2D eigenvalue weighted by molar-refractivity contribution is 0.0691. The number of hydrogen-bond acceptors (Lipinski definition) is 3. The second-order valence-electron chi connectivity index (χ2n) is 3.16. The minimum Gasteiger partial charge on any atom is -0.497 e. The van der Waals surface area contributed by atoms with Crippen molar-refractivity contribution in [3.05, 3.63) is 23.9 Å². The molecule has 1 N–H and O–H groups in total. The van der Waals surface area contributed by atoms with E-state index in [0.717, 1.165) is 5.52 Å². The number of aromatic carboxylic acids is 1. The Balaban J connectivity index is 2.75. The summed E-state index contributed by atoms with van der Waals surface area (Å²) in [6, 6.07) is 5.18. The fourth-order valence-electron chi connectivity index (χ4n) is 1.52. The number of aromatic nitrogens is 2. The van der Waals surface area contributed by atoms with Crippen molar-refractivity contribution in [2.75, 3.05) is 7.11 Å². The van der Waals surface area contributed by atoms with E-state index >= 15 is 0 Å². The lowest BCUT2D eigenvalue weighted by Crippen LogP contribution is -1.99. The van der Waals surface area contributed by atoms with Crippen LogP contribution in [0.5, 0.6) is 5.75 Å². The molecule has 0 bridgehead atoms. The molecule has 2 aromatic rings. The number of carbonyl (C=O) groups is 1. The highest BCUT2D eigenvalue weighted by Gasteiger charge is 2.14. The third kappa shape index (κ3) is 1.41. The van der Waals surface area contributed by atoms with Gasteiger partial charge in [0.2, 0.25) is 0 Å². The minimum atomic E-state index is -1.02. The highest BCUT2D eigenvalue weighted by molar-refractivity contribution is 6.01. The molecule has 0 amide bonds. The van der Waals surface area contributed by atoms with Crippen molar-refractivity contribution in [2.45, 2.75) is 0 Å². The number of carboxylic acids is 1. The number of carboxylic acid groups (broad SMARTS) is 1. The molecule has 0 aliphatic carbocycles. The van der Waals surface area contributed by atoms with Gasteiger partial charge in [-0.05, 0) is 12.1 Å². The van der Waals surface area contributed by atoms with Gasteiger partial charge in [-0.1, -0.05) is 0 Å². The van der Waals surface area contributed by atoms with Crippen LogP contribution in [0.1, 0.15) is 10.5 Å². The number of benzene rings is 1. The molecule has 0 saturated carbocycles. The van der Waals surface area contributed by atoms with Gasteiger partial charge in [0.15, 0.2) is 5.69 Å². The predicted octanol–water partition coefficient (Wildman–Crippen LogP) is 1.28. The van der Waals surface area contributed by atoms with E-state index in [2.05, 4.69) is 5.10 Å². The Morgan fingerprint density at radius 1 is 1.53 bits per heavy atom. The van der Waals surface area contributed by atoms with Gasteiger partial charge in [0.25, 0.3) is 0 Å². The van der Waals surface area contributed by atoms with E-state index in [0.29, 0.717) is 11.1 Å². The molecule has 5 nitrogen and oxygen atoms in total. The second kappa shape index (κ2) is 3.27. The minimum absolute atomic E-state index is 0.0650. The number of hydrogen-bond donors (Lipinski definition) is 1. The van der Waals surface area contributed by atoms with Gasteiger partial charge in [-0.3, -0.25) is 4.68 Å². The molecular formula is C10H10N2O3. The lowest BCUT2D eigenvalue weighted by atomic mass is 10.2. The van der Waals surface area contributed by atoms with Crippen LogP contribution in [0.25, 0.3) is 10.9 Å². The SMILES string of the molecule is COc1ccc2c(C(=O)O)nn(C)c2c1. The number of ether oxygens (including phenoxy) is 1. The quantitative estimate of drug-likeness (QED) is 0.803. The van der Waals surface area contributed by atoms with Crippen LogP contribution in [-0.2, 0) is 7.05 Å². The molecule has 0 spiro atoms. The third-order valence-electron chi connectivity index (χ3n) is 2.26. The molecule has 1 heterocycles. The topological polar surface area (TPSA) is 64.3 Å². The Bertz CT molecular complexity index is 531. The van der Waals surface area contributed by atoms with Gasteiger partial charge >= 0.3 is 5.97 Å². The lowest BCUT2D eigenvalue weighted by Gasteiger charge is -1.99. The van der Waals surface area contributed by atoms with Crippen LogP contribution in [0.15, 0.2) is 18.2 Å². The van der Waals surface area contributed by atoms with Gasteiger partial charge in [0.05, 0.1) is 12.6 Å². The number of rotatable bonds is 2. The Kier molecular flexibility index (Phi) is 2.07. The first-order valence-electron chi connectivity index (χ1n) is 4.37. The van der Waals surface area contributed by atoms with Crippen molar-refractivity contribution >= 4 is 16.9 Å². The zero-order valence-electron chi connectivity index (χ0n) is 8.39. The maximum Gasteiger partial charge on any atom is 0.357 e. The summed E-state index contributed by atoms with van der Waals surface area (Å²) >= 11 is 0. The molecule has 0 aliphatic heterocycles. The summed E-state index contributed by atoms with van der Waals surface area (Å²) in [5.74, 6) is -0.340. The number of aryl methyl sites for hydroxylation is 1. The van der Waals surface area contributed by atoms with Gasteiger partial charge in [-0.2, -0.15) is 5.10 Å². The van der Waals surface area contributed by atoms with Crippen molar-refractivity contribution in [1.82, 2.24) is 9.78 Å². The standard InChI is InChI=1S/C10H10N2O3/c1-12-8-5-6(15-2)3-4-7(8)9(11-12)10(13)14/h3-5H,1-2H3,(H,13,14). The zero-order valence-corrected chi connectivity index (χ0v) is 8.39. The van der Waals surface area contributed by atoms with E-state index in [1.54, 1.807) is 32.4 Å². The van der Waals surface area contributed by atoms with E-state index in [1.165, 1.54) is 4.68 Å². The summed E-state index contributed by atoms with van der Waals surface area (Å²) < 4.78 is 6.59. The van der Waals surface area contributed by atoms with Crippen LogP contribution in [0.2, 0.25) is 0 Å². The largest absolute Gasteiger partial charge is 0.497 e. The van der Waals surface area contributed by atoms with Crippen molar-refractivity contribution in [1.29, 1.82) is 0 Å². The molecule has 15 heavy (non-hydrogen) atoms. The summed E-state index contributed by atoms with van der Waals surface area (Å²) in [5, 5.41) is 13.5. The molecule has 0 unspecified atom stereocenters. The van der Waals surface area contributed by atoms with Crippen LogP contribution in [0, 0.1) is 0 Å². The maximum atomic E-state index is 10.9. The van der Waals surface area contributed by atoms with E-state index < -0.39 is 5.97 Å². The Morgan fingerprint density at radius 2 is 2.27 bits per heavy atom. The number of methoxy groups -OCH3 is 1. The molecule has 0 radical (unpaired) electrons. The smallest absolute Gasteiger partial charge is 0.357 e. The van der Waals surface area contributed by atoms with Gasteiger partial charge in [-0.15, -0.1) is 0 Å². The van der Waals surface area contributed by atoms with Crippen LogP contribution in [0.4, 0.5) is 0 Å². The monoisotopic (exact) mass is 206 g/mol. The molecule has 0 aliphatic rings. The predicted molar refractivity (Wildman–Crippen MR) is 54.2 cm³/mol. The van der Waals surface area contributed by atoms with Gasteiger partial charge in [0, 0.05) is 18.5 Å². The third-order valence-corrected chi connectivity index (χ3v) is 2.26. The summed E-state index contributed by atoms with van der Waals surface area (Å²) in [4.78, 5) is 10.9. The number of fused-ring (bicyclic) bond motifs is 1. The fraction of sp³-hybridized carbons (Fsp3) is 0.200. The van der Waals surface area contributed by atoms with Crippen LogP contribution < -0.4 is 4.74 Å². The van der Waals surface area contributed by atoms with E-state index in [-0.39, 0.29) is 5.69 Å². The van der Waals surface area contributed by atoms with Crippen molar-refractivity contribution in [3.8, 4) is 5.75 Å². The van der Waals surface area contributed by atoms with E-state index in [9.17, 15) is 4.79 Å². The fourth-order valence-corrected chi connectivity index (χ4v) is 1.52. The van der Waals surface area contributed by atoms with Crippen molar-refractivity contribution in [3.63, 3.8) is 0 Å². The molecule has 0 atom stereocenters. The first kappa shape index (κ1) is 9.51. The average molecular weight is 206 g/mol. The normalized spacial score (nSPS) is 10.5. The molecule has 0 saturated heterocycles. The van der Waals surface area contributed by atoms with Gasteiger partial charge < -0.3 is 9.84 Å². The summed E-state index contributed by atoms with van der Waals surface area (Å²) in [7, 11) is 3.27. The Hall–Kier alpha value is -2.04. The highest BCUT2D eigenvalue weighted by Crippen LogP contribution is 2.22. The zero-order chi connectivity index (χ0) is 11.0. The van der Waals surface area contributed by atoms with E-state index in [1.807, 2.05) is 0 Å². The first-order valence-corrected chi connectivity index (χ1v) is 4.37. The van der Waals surface area contributed by atoms with Crippen LogP contribution in [0.3, 0.4) is 0 Å². The van der Waals surface area contributed by atoms with Crippen molar-refractivity contribution in [2.24, 2.45) is 7.05 Å². The molecule has 5 heteroatoms. The molecule has 0 fully saturated rings. The molecule has 1 aromatic carbocycles. The summed E-state index contributed by atoms with van der Waals surface area (Å²) in [6.45, 7) is 0. The molecule has 1 aromatic heterocycles. The van der Waals surface area contributed by atoms with Gasteiger partial charge in [0.1, 0.15) is 5.75 Å². The Morgan fingerprint density at radius 3 is 2.87 bits per heavy atom. The highest BCUT2D eigenvalue weighted by atomic mass is 16.5.